The third kappa shape index (κ3) is 3.68. The van der Waals surface area contributed by atoms with Gasteiger partial charge in [-0.05, 0) is 32.4 Å². The van der Waals surface area contributed by atoms with E-state index in [1.165, 1.54) is 18.2 Å². The number of hydrogen-bond acceptors (Lipinski definition) is 4. The zero-order valence-electron chi connectivity index (χ0n) is 11.1. The molecular formula is C13H16ClN3O3. The van der Waals surface area contributed by atoms with Crippen molar-refractivity contribution in [2.45, 2.75) is 31.8 Å². The maximum absolute atomic E-state index is 12.1. The molecular weight excluding hydrogens is 282 g/mol. The highest BCUT2D eigenvalue weighted by Crippen LogP contribution is 2.21. The number of amides is 1. The van der Waals surface area contributed by atoms with E-state index in [1.807, 2.05) is 0 Å². The topological polar surface area (TPSA) is 84.3 Å². The maximum atomic E-state index is 12.1. The minimum absolute atomic E-state index is 0.0804. The summed E-state index contributed by atoms with van der Waals surface area (Å²) in [4.78, 5) is 22.3. The van der Waals surface area contributed by atoms with Gasteiger partial charge in [-0.25, -0.2) is 0 Å². The Kier molecular flexibility index (Phi) is 4.57. The highest BCUT2D eigenvalue weighted by molar-refractivity contribution is 6.31. The zero-order valence-corrected chi connectivity index (χ0v) is 11.8. The Bertz CT molecular complexity index is 536. The molecule has 0 radical (unpaired) electrons. The van der Waals surface area contributed by atoms with Crippen molar-refractivity contribution in [3.63, 3.8) is 0 Å². The number of carbonyl (C=O) groups excluding carboxylic acids is 1. The molecule has 0 saturated carbocycles. The molecule has 7 heteroatoms. The predicted octanol–water partition coefficient (Wildman–Crippen LogP) is 2.12. The number of piperidine rings is 1. The van der Waals surface area contributed by atoms with Crippen molar-refractivity contribution in [1.82, 2.24) is 10.6 Å². The molecule has 20 heavy (non-hydrogen) atoms. The number of nitrogens with one attached hydrogen (secondary N) is 2. The fraction of sp³-hybridized carbons (Fsp3) is 0.462. The lowest BCUT2D eigenvalue weighted by Gasteiger charge is -2.28. The molecule has 1 amide bonds. The predicted molar refractivity (Wildman–Crippen MR) is 76.1 cm³/mol. The van der Waals surface area contributed by atoms with E-state index >= 15 is 0 Å². The fourth-order valence-electron chi connectivity index (χ4n) is 2.34. The van der Waals surface area contributed by atoms with Crippen molar-refractivity contribution in [2.24, 2.45) is 0 Å². The van der Waals surface area contributed by atoms with E-state index in [0.29, 0.717) is 6.04 Å². The first-order valence-corrected chi connectivity index (χ1v) is 6.82. The van der Waals surface area contributed by atoms with Gasteiger partial charge in [0.05, 0.1) is 4.92 Å². The van der Waals surface area contributed by atoms with E-state index in [0.717, 1.165) is 19.4 Å². The Morgan fingerprint density at radius 1 is 1.50 bits per heavy atom. The minimum Gasteiger partial charge on any atom is -0.349 e. The number of nitrogens with zero attached hydrogens (tertiary/aromatic N) is 1. The molecule has 2 rings (SSSR count). The highest BCUT2D eigenvalue weighted by atomic mass is 35.5. The van der Waals surface area contributed by atoms with Crippen LogP contribution in [0.25, 0.3) is 0 Å². The second-order valence-corrected chi connectivity index (χ2v) is 5.44. The fourth-order valence-corrected chi connectivity index (χ4v) is 2.57. The quantitative estimate of drug-likeness (QED) is 0.661. The van der Waals surface area contributed by atoms with E-state index in [2.05, 4.69) is 17.6 Å². The van der Waals surface area contributed by atoms with Crippen LogP contribution in [0.3, 0.4) is 0 Å². The summed E-state index contributed by atoms with van der Waals surface area (Å²) in [6.07, 6.45) is 1.69. The number of rotatable bonds is 3. The molecule has 1 heterocycles. The molecule has 1 fully saturated rings. The molecule has 0 bridgehead atoms. The van der Waals surface area contributed by atoms with Gasteiger partial charge in [0.15, 0.2) is 0 Å². The molecule has 2 atom stereocenters. The van der Waals surface area contributed by atoms with E-state index in [1.54, 1.807) is 0 Å². The molecule has 6 nitrogen and oxygen atoms in total. The summed E-state index contributed by atoms with van der Waals surface area (Å²) in [6.45, 7) is 2.91. The normalized spacial score (nSPS) is 22.3. The molecule has 1 aromatic rings. The molecule has 1 saturated heterocycles. The number of non-ortho nitro benzene ring substituents is 1. The average molecular weight is 298 g/mol. The molecule has 108 valence electrons. The van der Waals surface area contributed by atoms with Gasteiger partial charge >= 0.3 is 0 Å². The third-order valence-electron chi connectivity index (χ3n) is 3.31. The Hall–Kier alpha value is -1.66. The van der Waals surface area contributed by atoms with Gasteiger partial charge in [-0.3, -0.25) is 14.9 Å². The molecule has 2 unspecified atom stereocenters. The molecule has 0 aliphatic carbocycles. The molecule has 1 aliphatic heterocycles. The molecule has 2 N–H and O–H groups in total. The Morgan fingerprint density at radius 2 is 2.25 bits per heavy atom. The number of halogens is 1. The second-order valence-electron chi connectivity index (χ2n) is 5.01. The first kappa shape index (κ1) is 14.7. The van der Waals surface area contributed by atoms with Crippen molar-refractivity contribution in [3.05, 3.63) is 38.9 Å². The molecule has 1 aliphatic rings. The van der Waals surface area contributed by atoms with E-state index in [4.69, 9.17) is 11.6 Å². The van der Waals surface area contributed by atoms with Crippen molar-refractivity contribution < 1.29 is 9.72 Å². The molecule has 0 aromatic heterocycles. The van der Waals surface area contributed by atoms with Crippen LogP contribution in [0.4, 0.5) is 5.69 Å². The van der Waals surface area contributed by atoms with Crippen LogP contribution >= 0.6 is 11.6 Å². The van der Waals surface area contributed by atoms with Gasteiger partial charge in [-0.15, -0.1) is 0 Å². The van der Waals surface area contributed by atoms with Crippen molar-refractivity contribution in [1.29, 1.82) is 0 Å². The van der Waals surface area contributed by atoms with Crippen molar-refractivity contribution in [2.75, 3.05) is 6.54 Å². The number of nitro groups is 1. The van der Waals surface area contributed by atoms with Gasteiger partial charge in [0.1, 0.15) is 0 Å². The average Bonchev–Trinajstić information content (AvgIpc) is 2.37. The SMILES string of the molecule is CC1CC(NC(=O)c2cc(Cl)cc([N+](=O)[O-])c2)CCN1. The summed E-state index contributed by atoms with van der Waals surface area (Å²) in [7, 11) is 0. The number of hydrogen-bond donors (Lipinski definition) is 2. The maximum Gasteiger partial charge on any atom is 0.271 e. The van der Waals surface area contributed by atoms with E-state index < -0.39 is 4.92 Å². The van der Waals surface area contributed by atoms with E-state index in [9.17, 15) is 14.9 Å². The first-order chi connectivity index (χ1) is 9.45. The monoisotopic (exact) mass is 297 g/mol. The second kappa shape index (κ2) is 6.19. The lowest BCUT2D eigenvalue weighted by Crippen LogP contribution is -2.46. The summed E-state index contributed by atoms with van der Waals surface area (Å²) in [5, 5.41) is 17.1. The summed E-state index contributed by atoms with van der Waals surface area (Å²) >= 11 is 5.81. The Labute approximate surface area is 121 Å². The summed E-state index contributed by atoms with van der Waals surface area (Å²) in [5.41, 5.74) is 0.0386. The van der Waals surface area contributed by atoms with Gasteiger partial charge in [0, 0.05) is 34.8 Å². The summed E-state index contributed by atoms with van der Waals surface area (Å²) < 4.78 is 0. The van der Waals surface area contributed by atoms with Gasteiger partial charge < -0.3 is 10.6 Å². The number of benzene rings is 1. The van der Waals surface area contributed by atoms with Crippen LogP contribution in [-0.4, -0.2) is 29.5 Å². The van der Waals surface area contributed by atoms with Crippen LogP contribution < -0.4 is 10.6 Å². The smallest absolute Gasteiger partial charge is 0.271 e. The van der Waals surface area contributed by atoms with Crippen molar-refractivity contribution in [3.8, 4) is 0 Å². The van der Waals surface area contributed by atoms with Crippen LogP contribution in [0.2, 0.25) is 5.02 Å². The van der Waals surface area contributed by atoms with Crippen LogP contribution in [-0.2, 0) is 0 Å². The van der Waals surface area contributed by atoms with Gasteiger partial charge in [0.2, 0.25) is 0 Å². The van der Waals surface area contributed by atoms with Gasteiger partial charge in [-0.2, -0.15) is 0 Å². The largest absolute Gasteiger partial charge is 0.349 e. The Balaban J connectivity index is 2.10. The number of carbonyl (C=O) groups is 1. The Morgan fingerprint density at radius 3 is 2.90 bits per heavy atom. The van der Waals surface area contributed by atoms with Crippen LogP contribution in [0, 0.1) is 10.1 Å². The van der Waals surface area contributed by atoms with Crippen LogP contribution in [0.1, 0.15) is 30.1 Å². The molecule has 0 spiro atoms. The highest BCUT2D eigenvalue weighted by Gasteiger charge is 2.21. The van der Waals surface area contributed by atoms with Gasteiger partial charge in [-0.1, -0.05) is 11.6 Å². The van der Waals surface area contributed by atoms with Crippen LogP contribution in [0.5, 0.6) is 0 Å². The zero-order chi connectivity index (χ0) is 14.7. The lowest BCUT2D eigenvalue weighted by molar-refractivity contribution is -0.384. The third-order valence-corrected chi connectivity index (χ3v) is 3.53. The first-order valence-electron chi connectivity index (χ1n) is 6.45. The summed E-state index contributed by atoms with van der Waals surface area (Å²) in [5.74, 6) is -0.324. The summed E-state index contributed by atoms with van der Waals surface area (Å²) in [6, 6.07) is 4.34. The van der Waals surface area contributed by atoms with Gasteiger partial charge in [0.25, 0.3) is 11.6 Å². The van der Waals surface area contributed by atoms with Crippen molar-refractivity contribution >= 4 is 23.2 Å². The lowest BCUT2D eigenvalue weighted by atomic mass is 10.0. The number of nitro benzene ring substituents is 1. The molecule has 1 aromatic carbocycles. The standard InChI is InChI=1S/C13H16ClN3O3/c1-8-4-11(2-3-15-8)16-13(18)9-5-10(14)7-12(6-9)17(19)20/h5-8,11,15H,2-4H2,1H3,(H,16,18). The van der Waals surface area contributed by atoms with Crippen LogP contribution in [0.15, 0.2) is 18.2 Å². The van der Waals surface area contributed by atoms with E-state index in [-0.39, 0.29) is 28.2 Å². The minimum atomic E-state index is -0.560.